The number of halogens is 3. The smallest absolute Gasteiger partial charge is 0.282 e. The van der Waals surface area contributed by atoms with Crippen molar-refractivity contribution in [2.24, 2.45) is 5.10 Å². The summed E-state index contributed by atoms with van der Waals surface area (Å²) in [4.78, 5) is 17.8. The van der Waals surface area contributed by atoms with Crippen LogP contribution in [0.25, 0.3) is 10.9 Å². The summed E-state index contributed by atoms with van der Waals surface area (Å²) in [6.45, 7) is 6.31. The minimum Gasteiger partial charge on any atom is -0.486 e. The lowest BCUT2D eigenvalue weighted by Gasteiger charge is -2.13. The van der Waals surface area contributed by atoms with Gasteiger partial charge in [0.05, 0.1) is 27.2 Å². The van der Waals surface area contributed by atoms with Crippen LogP contribution in [0.2, 0.25) is 10.0 Å². The molecule has 0 unspecified atom stereocenters. The van der Waals surface area contributed by atoms with Gasteiger partial charge in [-0.15, -0.1) is 0 Å². The van der Waals surface area contributed by atoms with Crippen LogP contribution in [0.15, 0.2) is 69.0 Å². The zero-order chi connectivity index (χ0) is 24.4. The molecule has 0 N–H and O–H groups in total. The average Bonchev–Trinajstić information content (AvgIpc) is 2.79. The van der Waals surface area contributed by atoms with Crippen molar-refractivity contribution in [3.8, 4) is 5.75 Å². The van der Waals surface area contributed by atoms with Gasteiger partial charge in [-0.25, -0.2) is 4.98 Å². The summed E-state index contributed by atoms with van der Waals surface area (Å²) < 4.78 is 7.98. The number of benzene rings is 3. The molecule has 1 aromatic heterocycles. The van der Waals surface area contributed by atoms with Crippen LogP contribution in [0.5, 0.6) is 5.75 Å². The lowest BCUT2D eigenvalue weighted by molar-refractivity contribution is 0.306. The Morgan fingerprint density at radius 2 is 1.76 bits per heavy atom. The van der Waals surface area contributed by atoms with Gasteiger partial charge in [0, 0.05) is 10.4 Å². The van der Waals surface area contributed by atoms with Crippen LogP contribution in [0, 0.1) is 6.92 Å². The minimum atomic E-state index is -0.249. The van der Waals surface area contributed by atoms with Crippen molar-refractivity contribution in [1.82, 2.24) is 9.66 Å². The summed E-state index contributed by atoms with van der Waals surface area (Å²) in [5.41, 5.74) is 3.21. The van der Waals surface area contributed by atoms with Crippen LogP contribution in [0.4, 0.5) is 0 Å². The third kappa shape index (κ3) is 5.35. The second-order valence-corrected chi connectivity index (χ2v) is 9.97. The van der Waals surface area contributed by atoms with Crippen LogP contribution in [0.3, 0.4) is 0 Å². The summed E-state index contributed by atoms with van der Waals surface area (Å²) in [5, 5.41) is 5.63. The van der Waals surface area contributed by atoms with Crippen molar-refractivity contribution in [3.63, 3.8) is 0 Å². The highest BCUT2D eigenvalue weighted by Gasteiger charge is 2.14. The van der Waals surface area contributed by atoms with E-state index < -0.39 is 0 Å². The molecule has 0 bridgehead atoms. The largest absolute Gasteiger partial charge is 0.486 e. The Hall–Kier alpha value is -2.67. The van der Waals surface area contributed by atoms with Crippen molar-refractivity contribution in [3.05, 3.63) is 102 Å². The number of rotatable bonds is 6. The predicted molar refractivity (Wildman–Crippen MR) is 143 cm³/mol. The van der Waals surface area contributed by atoms with Gasteiger partial charge in [-0.3, -0.25) is 4.79 Å². The maximum atomic E-state index is 13.2. The average molecular weight is 559 g/mol. The Labute approximate surface area is 216 Å². The van der Waals surface area contributed by atoms with E-state index >= 15 is 0 Å². The molecule has 0 atom stereocenters. The fourth-order valence-corrected chi connectivity index (χ4v) is 4.38. The van der Waals surface area contributed by atoms with Crippen molar-refractivity contribution >= 4 is 56.2 Å². The van der Waals surface area contributed by atoms with Gasteiger partial charge in [-0.05, 0) is 48.4 Å². The molecule has 1 heterocycles. The van der Waals surface area contributed by atoms with Crippen LogP contribution < -0.4 is 10.3 Å². The molecule has 5 nitrogen and oxygen atoms in total. The molecule has 34 heavy (non-hydrogen) atoms. The molecule has 8 heteroatoms. The standard InChI is InChI=1S/C26H22BrCl2N3O2/c1-15(2)25-31-23-9-8-19(27)12-20(23)26(33)32(25)30-13-18-10-21(28)24(22(29)11-18)34-14-17-6-4-16(3)5-7-17/h4-13,15H,14H2,1-3H3. The molecule has 0 fully saturated rings. The highest BCUT2D eigenvalue weighted by atomic mass is 79.9. The fourth-order valence-electron chi connectivity index (χ4n) is 3.41. The molecule has 3 aromatic carbocycles. The molecule has 0 spiro atoms. The van der Waals surface area contributed by atoms with Crippen molar-refractivity contribution in [2.45, 2.75) is 33.3 Å². The topological polar surface area (TPSA) is 56.5 Å². The first-order valence-electron chi connectivity index (χ1n) is 10.7. The van der Waals surface area contributed by atoms with Gasteiger partial charge in [0.2, 0.25) is 0 Å². The van der Waals surface area contributed by atoms with Crippen molar-refractivity contribution < 1.29 is 4.74 Å². The second kappa shape index (κ2) is 10.3. The first-order chi connectivity index (χ1) is 16.2. The fraction of sp³-hybridized carbons (Fsp3) is 0.192. The van der Waals surface area contributed by atoms with Crippen LogP contribution in [-0.2, 0) is 6.61 Å². The van der Waals surface area contributed by atoms with Gasteiger partial charge in [-0.2, -0.15) is 9.78 Å². The normalized spacial score (nSPS) is 11.6. The molecule has 0 amide bonds. The number of aromatic nitrogens is 2. The summed E-state index contributed by atoms with van der Waals surface area (Å²) in [6.07, 6.45) is 1.54. The van der Waals surface area contributed by atoms with Crippen molar-refractivity contribution in [2.75, 3.05) is 0 Å². The van der Waals surface area contributed by atoms with Gasteiger partial charge in [0.15, 0.2) is 5.75 Å². The number of aryl methyl sites for hydroxylation is 1. The van der Waals surface area contributed by atoms with E-state index in [4.69, 9.17) is 27.9 Å². The predicted octanol–water partition coefficient (Wildman–Crippen LogP) is 7.36. The van der Waals surface area contributed by atoms with Gasteiger partial charge >= 0.3 is 0 Å². The van der Waals surface area contributed by atoms with Gasteiger partial charge in [0.1, 0.15) is 12.4 Å². The molecule has 174 valence electrons. The molecule has 4 aromatic rings. The molecule has 0 aliphatic carbocycles. The zero-order valence-electron chi connectivity index (χ0n) is 18.8. The van der Waals surface area contributed by atoms with Crippen LogP contribution >= 0.6 is 39.1 Å². The molecular weight excluding hydrogens is 537 g/mol. The van der Waals surface area contributed by atoms with E-state index in [2.05, 4.69) is 26.0 Å². The van der Waals surface area contributed by atoms with E-state index in [-0.39, 0.29) is 11.5 Å². The summed E-state index contributed by atoms with van der Waals surface area (Å²) in [6, 6.07) is 16.9. The zero-order valence-corrected chi connectivity index (χ0v) is 21.9. The summed E-state index contributed by atoms with van der Waals surface area (Å²) in [7, 11) is 0. The van der Waals surface area contributed by atoms with Gasteiger partial charge in [-0.1, -0.05) is 82.8 Å². The highest BCUT2D eigenvalue weighted by molar-refractivity contribution is 9.10. The monoisotopic (exact) mass is 557 g/mol. The van der Waals surface area contributed by atoms with E-state index in [1.807, 2.05) is 57.2 Å². The third-order valence-electron chi connectivity index (χ3n) is 5.20. The minimum absolute atomic E-state index is 0.0115. The molecule has 0 saturated carbocycles. The van der Waals surface area contributed by atoms with Gasteiger partial charge in [0.25, 0.3) is 5.56 Å². The van der Waals surface area contributed by atoms with Gasteiger partial charge < -0.3 is 4.74 Å². The second-order valence-electron chi connectivity index (χ2n) is 8.24. The summed E-state index contributed by atoms with van der Waals surface area (Å²) >= 11 is 16.3. The van der Waals surface area contributed by atoms with Crippen molar-refractivity contribution in [1.29, 1.82) is 0 Å². The van der Waals surface area contributed by atoms with E-state index in [0.29, 0.717) is 44.7 Å². The van der Waals surface area contributed by atoms with E-state index in [9.17, 15) is 4.79 Å². The molecule has 0 aliphatic heterocycles. The lowest BCUT2D eigenvalue weighted by atomic mass is 10.2. The molecular formula is C26H22BrCl2N3O2. The van der Waals surface area contributed by atoms with E-state index in [1.165, 1.54) is 10.2 Å². The summed E-state index contributed by atoms with van der Waals surface area (Å²) in [5.74, 6) is 0.951. The lowest BCUT2D eigenvalue weighted by Crippen LogP contribution is -2.23. The van der Waals surface area contributed by atoms with E-state index in [1.54, 1.807) is 24.4 Å². The first kappa shape index (κ1) is 24.5. The number of ether oxygens (including phenoxy) is 1. The first-order valence-corrected chi connectivity index (χ1v) is 12.2. The third-order valence-corrected chi connectivity index (χ3v) is 6.25. The molecule has 0 saturated heterocycles. The number of fused-ring (bicyclic) bond motifs is 1. The number of hydrogen-bond donors (Lipinski definition) is 0. The molecule has 0 radical (unpaired) electrons. The Morgan fingerprint density at radius 3 is 2.41 bits per heavy atom. The maximum absolute atomic E-state index is 13.2. The molecule has 4 rings (SSSR count). The Morgan fingerprint density at radius 1 is 1.09 bits per heavy atom. The van der Waals surface area contributed by atoms with Crippen LogP contribution in [-0.4, -0.2) is 15.9 Å². The molecule has 0 aliphatic rings. The quantitative estimate of drug-likeness (QED) is 0.232. The number of hydrogen-bond acceptors (Lipinski definition) is 4. The highest BCUT2D eigenvalue weighted by Crippen LogP contribution is 2.34. The Bertz CT molecular complexity index is 1420. The maximum Gasteiger partial charge on any atom is 0.282 e. The number of nitrogens with zero attached hydrogens (tertiary/aromatic N) is 3. The van der Waals surface area contributed by atoms with E-state index in [0.717, 1.165) is 10.0 Å². The van der Waals surface area contributed by atoms with Crippen LogP contribution in [0.1, 0.15) is 42.3 Å². The Kier molecular flexibility index (Phi) is 7.41. The Balaban J connectivity index is 1.65. The SMILES string of the molecule is Cc1ccc(COc2c(Cl)cc(C=Nn3c(C(C)C)nc4ccc(Br)cc4c3=O)cc2Cl)cc1.